The van der Waals surface area contributed by atoms with Crippen molar-refractivity contribution in [3.05, 3.63) is 217 Å². The minimum Gasteiger partial charge on any atom is -0.507 e. The summed E-state index contributed by atoms with van der Waals surface area (Å²) in [5.41, 5.74) is 19.5. The van der Waals surface area contributed by atoms with Crippen LogP contribution in [0.15, 0.2) is 200 Å². The summed E-state index contributed by atoms with van der Waals surface area (Å²) < 4.78 is 2.28. The average molecular weight is 912 g/mol. The van der Waals surface area contributed by atoms with Crippen LogP contribution < -0.4 is 0 Å². The first kappa shape index (κ1) is 45.9. The van der Waals surface area contributed by atoms with Crippen molar-refractivity contribution in [2.45, 2.75) is 72.6 Å². The van der Waals surface area contributed by atoms with E-state index in [4.69, 9.17) is 9.97 Å². The maximum atomic E-state index is 12.6. The Morgan fingerprint density at radius 1 is 0.471 bits per heavy atom. The molecule has 10 aromatic rings. The lowest BCUT2D eigenvalue weighted by Gasteiger charge is -2.27. The molecule has 0 bridgehead atoms. The second kappa shape index (κ2) is 18.6. The first-order valence-corrected chi connectivity index (χ1v) is 24.6. The average Bonchev–Trinajstić information content (AvgIpc) is 3.76. The summed E-state index contributed by atoms with van der Waals surface area (Å²) in [5, 5.41) is 12.6. The smallest absolute Gasteiger partial charge is 0.149 e. The molecule has 0 saturated heterocycles. The van der Waals surface area contributed by atoms with Crippen molar-refractivity contribution in [1.82, 2.24) is 14.5 Å². The van der Waals surface area contributed by atoms with E-state index >= 15 is 0 Å². The van der Waals surface area contributed by atoms with Crippen molar-refractivity contribution >= 4 is 11.0 Å². The first-order valence-electron chi connectivity index (χ1n) is 24.6. The molecule has 0 aliphatic carbocycles. The van der Waals surface area contributed by atoms with Crippen LogP contribution in [0, 0.1) is 5.92 Å². The van der Waals surface area contributed by atoms with Gasteiger partial charge >= 0.3 is 0 Å². The maximum Gasteiger partial charge on any atom is 0.149 e. The quantitative estimate of drug-likeness (QED) is 0.149. The summed E-state index contributed by atoms with van der Waals surface area (Å²) in [6.45, 7) is 17.8. The Balaban J connectivity index is 1.20. The molecule has 0 aliphatic rings. The van der Waals surface area contributed by atoms with E-state index in [1.165, 1.54) is 27.8 Å². The predicted molar refractivity (Wildman–Crippen MR) is 295 cm³/mol. The first-order chi connectivity index (χ1) is 33.7. The fourth-order valence-corrected chi connectivity index (χ4v) is 9.79. The fourth-order valence-electron chi connectivity index (χ4n) is 9.79. The number of hydrogen-bond acceptors (Lipinski definition) is 3. The highest BCUT2D eigenvalue weighted by Gasteiger charge is 2.29. The van der Waals surface area contributed by atoms with Gasteiger partial charge < -0.3 is 5.11 Å². The molecule has 4 nitrogen and oxygen atoms in total. The molecule has 0 saturated carbocycles. The Morgan fingerprint density at radius 3 is 1.69 bits per heavy atom. The molecule has 0 amide bonds. The van der Waals surface area contributed by atoms with Gasteiger partial charge in [0.1, 0.15) is 11.6 Å². The van der Waals surface area contributed by atoms with Crippen molar-refractivity contribution < 1.29 is 5.11 Å². The van der Waals surface area contributed by atoms with Crippen molar-refractivity contribution in [3.8, 4) is 89.7 Å². The lowest BCUT2D eigenvalue weighted by Crippen LogP contribution is -2.17. The molecular formula is C66H61N3O. The second-order valence-electron chi connectivity index (χ2n) is 21.2. The zero-order chi connectivity index (χ0) is 48.7. The number of benzene rings is 8. The molecule has 2 heterocycles. The number of para-hydroxylation sites is 1. The Kier molecular flexibility index (Phi) is 12.2. The Morgan fingerprint density at radius 2 is 1.06 bits per heavy atom. The number of hydrogen-bond donors (Lipinski definition) is 1. The molecule has 0 fully saturated rings. The molecule has 0 spiro atoms. The van der Waals surface area contributed by atoms with Crippen LogP contribution in [0.2, 0.25) is 0 Å². The minimum absolute atomic E-state index is 0.183. The van der Waals surface area contributed by atoms with E-state index in [1.807, 2.05) is 6.20 Å². The third-order valence-corrected chi connectivity index (χ3v) is 13.5. The normalized spacial score (nSPS) is 12.0. The predicted octanol–water partition coefficient (Wildman–Crippen LogP) is 17.6. The standard InChI is InChI=1S/C66H61N3O/c1-43(2)35-51-39-55(31-32-56(51)48-23-16-11-17-24-48)69-61-26-18-25-57(62(61)68-64(69)58-41-54(65(3,4)5)42-59(63(58)70)66(6,7)8)52-36-50(45-21-14-10-15-22-45)37-53(38-52)60-40-49(33-34-67-60)47-29-27-46(28-30-47)44-19-12-9-13-20-44/h9-34,36-43,70H,35H2,1-8H3. The molecule has 4 heteroatoms. The summed E-state index contributed by atoms with van der Waals surface area (Å²) >= 11 is 0. The molecule has 0 atom stereocenters. The van der Waals surface area contributed by atoms with E-state index in [0.29, 0.717) is 17.3 Å². The van der Waals surface area contributed by atoms with Gasteiger partial charge in [0, 0.05) is 28.6 Å². The molecule has 2 aromatic heterocycles. The summed E-state index contributed by atoms with van der Waals surface area (Å²) in [5.74, 6) is 1.40. The largest absolute Gasteiger partial charge is 0.507 e. The number of phenolic OH excluding ortho intramolecular Hbond substituents is 1. The van der Waals surface area contributed by atoms with Crippen molar-refractivity contribution in [2.24, 2.45) is 5.92 Å². The van der Waals surface area contributed by atoms with Crippen molar-refractivity contribution in [2.75, 3.05) is 0 Å². The SMILES string of the molecule is CC(C)Cc1cc(-n2c(-c3cc(C(C)(C)C)cc(C(C)(C)C)c3O)nc3c(-c4cc(-c5ccccc5)cc(-c5cc(-c6ccc(-c7ccccc7)cc6)ccn5)c4)cccc32)ccc1-c1ccccc1. The van der Waals surface area contributed by atoms with Gasteiger partial charge in [-0.3, -0.25) is 9.55 Å². The van der Waals surface area contributed by atoms with Gasteiger partial charge in [0.25, 0.3) is 0 Å². The molecule has 0 aliphatic heterocycles. The Bertz CT molecular complexity index is 3480. The van der Waals surface area contributed by atoms with Crippen LogP contribution in [0.5, 0.6) is 5.75 Å². The van der Waals surface area contributed by atoms with Crippen molar-refractivity contribution in [3.63, 3.8) is 0 Å². The third kappa shape index (κ3) is 9.22. The van der Waals surface area contributed by atoms with Crippen LogP contribution >= 0.6 is 0 Å². The monoisotopic (exact) mass is 911 g/mol. The van der Waals surface area contributed by atoms with E-state index < -0.39 is 0 Å². The summed E-state index contributed by atoms with van der Waals surface area (Å²) in [7, 11) is 0. The molecule has 10 rings (SSSR count). The minimum atomic E-state index is -0.324. The highest BCUT2D eigenvalue weighted by atomic mass is 16.3. The number of aromatic nitrogens is 3. The van der Waals surface area contributed by atoms with Gasteiger partial charge in [0.2, 0.25) is 0 Å². The number of nitrogens with zero attached hydrogens (tertiary/aromatic N) is 3. The summed E-state index contributed by atoms with van der Waals surface area (Å²) in [6, 6.07) is 69.3. The second-order valence-corrected chi connectivity index (χ2v) is 21.2. The molecule has 8 aromatic carbocycles. The Labute approximate surface area is 414 Å². The molecule has 0 unspecified atom stereocenters. The zero-order valence-corrected chi connectivity index (χ0v) is 41.6. The van der Waals surface area contributed by atoms with E-state index in [-0.39, 0.29) is 16.6 Å². The van der Waals surface area contributed by atoms with Crippen LogP contribution in [0.1, 0.15) is 72.1 Å². The lowest BCUT2D eigenvalue weighted by atomic mass is 9.79. The molecule has 70 heavy (non-hydrogen) atoms. The number of pyridine rings is 1. The number of imidazole rings is 1. The zero-order valence-electron chi connectivity index (χ0n) is 41.6. The lowest BCUT2D eigenvalue weighted by molar-refractivity contribution is 0.446. The van der Waals surface area contributed by atoms with Crippen molar-refractivity contribution in [1.29, 1.82) is 0 Å². The highest BCUT2D eigenvalue weighted by molar-refractivity contribution is 5.98. The van der Waals surface area contributed by atoms with E-state index in [9.17, 15) is 5.11 Å². The number of aromatic hydroxyl groups is 1. The van der Waals surface area contributed by atoms with E-state index in [0.717, 1.165) is 78.9 Å². The van der Waals surface area contributed by atoms with Crippen LogP contribution in [0.25, 0.3) is 95.0 Å². The summed E-state index contributed by atoms with van der Waals surface area (Å²) in [6.07, 6.45) is 2.83. The number of phenols is 1. The van der Waals surface area contributed by atoms with Gasteiger partial charge in [-0.25, -0.2) is 4.98 Å². The molecule has 1 N–H and O–H groups in total. The third-order valence-electron chi connectivity index (χ3n) is 13.5. The van der Waals surface area contributed by atoms with Crippen LogP contribution in [0.3, 0.4) is 0 Å². The highest BCUT2D eigenvalue weighted by Crippen LogP contribution is 2.45. The van der Waals surface area contributed by atoms with E-state index in [1.54, 1.807) is 0 Å². The van der Waals surface area contributed by atoms with E-state index in [2.05, 4.69) is 254 Å². The van der Waals surface area contributed by atoms with Gasteiger partial charge in [-0.1, -0.05) is 195 Å². The van der Waals surface area contributed by atoms with Crippen LogP contribution in [-0.2, 0) is 17.3 Å². The fraction of sp³-hybridized carbons (Fsp3) is 0.182. The number of fused-ring (bicyclic) bond motifs is 1. The van der Waals surface area contributed by atoms with Gasteiger partial charge in [0.05, 0.1) is 22.3 Å². The maximum absolute atomic E-state index is 12.6. The van der Waals surface area contributed by atoms with Gasteiger partial charge in [-0.15, -0.1) is 0 Å². The van der Waals surface area contributed by atoms with Gasteiger partial charge in [-0.2, -0.15) is 0 Å². The van der Waals surface area contributed by atoms with Crippen LogP contribution in [0.4, 0.5) is 0 Å². The number of rotatable bonds is 10. The Hall–Kier alpha value is -7.82. The topological polar surface area (TPSA) is 50.9 Å². The van der Waals surface area contributed by atoms with Gasteiger partial charge in [0.15, 0.2) is 0 Å². The van der Waals surface area contributed by atoms with Gasteiger partial charge in [-0.05, 0) is 139 Å². The molecular weight excluding hydrogens is 851 g/mol. The summed E-state index contributed by atoms with van der Waals surface area (Å²) in [4.78, 5) is 10.7. The molecule has 0 radical (unpaired) electrons. The van der Waals surface area contributed by atoms with Crippen LogP contribution in [-0.4, -0.2) is 19.6 Å². The molecule has 346 valence electrons.